The number of nitrogens with zero attached hydrogens (tertiary/aromatic N) is 3. The SMILES string of the molecule is CC(C)(C)N1C(=O)C2CC=C3C(CC4C(=O)N(Nc5ncc(C(F)(F)F)cc5Cl)C(=O)C4(c4ccc(Cl)cc4)C3c3ccccc3OCCO)C2C1=O. The summed E-state index contributed by atoms with van der Waals surface area (Å²) in [6.45, 7) is 4.94. The first kappa shape index (κ1) is 36.9. The van der Waals surface area contributed by atoms with Crippen molar-refractivity contribution in [3.8, 4) is 5.75 Å². The summed E-state index contributed by atoms with van der Waals surface area (Å²) in [5.41, 5.74) is 0.539. The minimum atomic E-state index is -4.75. The molecule has 6 atom stereocenters. The molecule has 3 aromatic rings. The molecular formula is C38H35Cl2F3N4O6. The second-order valence-electron chi connectivity index (χ2n) is 14.7. The number of imide groups is 2. The first-order valence-corrected chi connectivity index (χ1v) is 17.8. The summed E-state index contributed by atoms with van der Waals surface area (Å²) >= 11 is 12.6. The third-order valence-electron chi connectivity index (χ3n) is 10.8. The van der Waals surface area contributed by atoms with Crippen LogP contribution in [0, 0.1) is 23.7 Å². The van der Waals surface area contributed by atoms with Gasteiger partial charge in [0.05, 0.1) is 40.4 Å². The number of fused-ring (bicyclic) bond motifs is 4. The third kappa shape index (κ3) is 5.79. The summed E-state index contributed by atoms with van der Waals surface area (Å²) in [7, 11) is 0. The number of hydrogen-bond acceptors (Lipinski definition) is 8. The molecule has 2 N–H and O–H groups in total. The zero-order chi connectivity index (χ0) is 38.2. The highest BCUT2D eigenvalue weighted by molar-refractivity contribution is 6.33. The van der Waals surface area contributed by atoms with Crippen molar-refractivity contribution in [3.63, 3.8) is 0 Å². The van der Waals surface area contributed by atoms with Gasteiger partial charge in [0.2, 0.25) is 11.8 Å². The van der Waals surface area contributed by atoms with E-state index in [4.69, 9.17) is 27.9 Å². The number of aliphatic hydroxyl groups excluding tert-OH is 1. The number of pyridine rings is 1. The van der Waals surface area contributed by atoms with Gasteiger partial charge in [-0.3, -0.25) is 29.5 Å². The van der Waals surface area contributed by atoms with Crippen molar-refractivity contribution in [1.82, 2.24) is 14.9 Å². The number of benzene rings is 2. The fraction of sp³-hybridized carbons (Fsp3) is 0.395. The molecule has 1 aromatic heterocycles. The maximum Gasteiger partial charge on any atom is 0.417 e. The Labute approximate surface area is 312 Å². The Hall–Kier alpha value is -4.46. The normalized spacial score (nSPS) is 27.0. The third-order valence-corrected chi connectivity index (χ3v) is 11.3. The first-order chi connectivity index (χ1) is 25.0. The van der Waals surface area contributed by atoms with Crippen LogP contribution in [-0.4, -0.2) is 62.4 Å². The molecule has 2 aliphatic heterocycles. The summed E-state index contributed by atoms with van der Waals surface area (Å²) in [4.78, 5) is 63.4. The number of aliphatic hydroxyl groups is 1. The standard InChI is InChI=1S/C38H35Cl2F3N4O6/c1-36(2,3)46-32(49)24-13-12-22-25(29(24)34(46)51)17-26-33(50)47(45-31-27(40)16-20(18-44-31)38(41,42)43)35(52)37(26,19-8-10-21(39)11-9-19)30(22)23-6-4-5-7-28(23)53-15-14-48/h4-12,16,18,24-26,29-30,48H,13-15,17H2,1-3H3,(H,44,45). The molecule has 1 saturated carbocycles. The Morgan fingerprint density at radius 1 is 0.981 bits per heavy atom. The average Bonchev–Trinajstić information content (AvgIpc) is 3.49. The molecule has 10 nitrogen and oxygen atoms in total. The summed E-state index contributed by atoms with van der Waals surface area (Å²) < 4.78 is 46.4. The molecule has 2 saturated heterocycles. The number of amides is 4. The zero-order valence-electron chi connectivity index (χ0n) is 28.8. The number of aromatic nitrogens is 1. The number of nitrogens with one attached hydrogen (secondary N) is 1. The van der Waals surface area contributed by atoms with Crippen molar-refractivity contribution in [1.29, 1.82) is 0 Å². The van der Waals surface area contributed by atoms with E-state index >= 15 is 4.79 Å². The van der Waals surface area contributed by atoms with Crippen LogP contribution >= 0.6 is 23.2 Å². The number of halogens is 5. The van der Waals surface area contributed by atoms with E-state index in [1.807, 2.05) is 6.08 Å². The van der Waals surface area contributed by atoms with E-state index in [1.54, 1.807) is 69.3 Å². The quantitative estimate of drug-likeness (QED) is 0.204. The molecule has 53 heavy (non-hydrogen) atoms. The number of likely N-dealkylation sites (tertiary alicyclic amines) is 1. The largest absolute Gasteiger partial charge is 0.491 e. The second kappa shape index (κ2) is 13.1. The molecule has 278 valence electrons. The van der Waals surface area contributed by atoms with E-state index in [0.717, 1.165) is 5.01 Å². The van der Waals surface area contributed by atoms with Crippen LogP contribution in [-0.2, 0) is 30.8 Å². The predicted molar refractivity (Wildman–Crippen MR) is 188 cm³/mol. The van der Waals surface area contributed by atoms with Gasteiger partial charge >= 0.3 is 6.18 Å². The van der Waals surface area contributed by atoms with Crippen LogP contribution < -0.4 is 10.2 Å². The van der Waals surface area contributed by atoms with E-state index in [1.165, 1.54) is 4.90 Å². The fourth-order valence-electron chi connectivity index (χ4n) is 8.79. The molecule has 2 aliphatic carbocycles. The molecule has 6 unspecified atom stereocenters. The van der Waals surface area contributed by atoms with E-state index in [-0.39, 0.29) is 43.7 Å². The highest BCUT2D eigenvalue weighted by atomic mass is 35.5. The van der Waals surface area contributed by atoms with Crippen LogP contribution in [0.15, 0.2) is 72.4 Å². The molecule has 0 bridgehead atoms. The van der Waals surface area contributed by atoms with Gasteiger partial charge in [0.15, 0.2) is 5.82 Å². The Kier molecular flexibility index (Phi) is 9.14. The predicted octanol–water partition coefficient (Wildman–Crippen LogP) is 6.56. The smallest absolute Gasteiger partial charge is 0.417 e. The molecule has 4 amide bonds. The van der Waals surface area contributed by atoms with Gasteiger partial charge in [0, 0.05) is 28.2 Å². The van der Waals surface area contributed by atoms with Crippen LogP contribution in [0.4, 0.5) is 19.0 Å². The minimum Gasteiger partial charge on any atom is -0.491 e. The number of alkyl halides is 3. The summed E-state index contributed by atoms with van der Waals surface area (Å²) in [5, 5.41) is 10.3. The van der Waals surface area contributed by atoms with Gasteiger partial charge in [0.25, 0.3) is 11.8 Å². The highest BCUT2D eigenvalue weighted by Crippen LogP contribution is 2.65. The zero-order valence-corrected chi connectivity index (χ0v) is 30.3. The van der Waals surface area contributed by atoms with Gasteiger partial charge in [-0.1, -0.05) is 65.2 Å². The summed E-state index contributed by atoms with van der Waals surface area (Å²) in [5.74, 6) is -6.48. The number of allylic oxidation sites excluding steroid dienone is 2. The van der Waals surface area contributed by atoms with Crippen LogP contribution in [0.2, 0.25) is 10.0 Å². The van der Waals surface area contributed by atoms with Crippen LogP contribution in [0.1, 0.15) is 56.2 Å². The van der Waals surface area contributed by atoms with Crippen molar-refractivity contribution in [2.75, 3.05) is 18.6 Å². The van der Waals surface area contributed by atoms with E-state index in [0.29, 0.717) is 39.7 Å². The number of ether oxygens (including phenoxy) is 1. The maximum absolute atomic E-state index is 15.3. The molecular weight excluding hydrogens is 736 g/mol. The minimum absolute atomic E-state index is 0.0142. The molecule has 0 spiro atoms. The number of hydrogen-bond donors (Lipinski definition) is 2. The Bertz CT molecular complexity index is 2050. The second-order valence-corrected chi connectivity index (χ2v) is 15.6. The molecule has 7 rings (SSSR count). The highest BCUT2D eigenvalue weighted by Gasteiger charge is 2.71. The maximum atomic E-state index is 15.3. The lowest BCUT2D eigenvalue weighted by Crippen LogP contribution is -2.53. The van der Waals surface area contributed by atoms with Crippen molar-refractivity contribution < 1.29 is 42.2 Å². The Balaban J connectivity index is 1.45. The molecule has 3 fully saturated rings. The fourth-order valence-corrected chi connectivity index (χ4v) is 9.13. The monoisotopic (exact) mass is 770 g/mol. The molecule has 3 heterocycles. The number of carbonyl (C=O) groups is 4. The van der Waals surface area contributed by atoms with Crippen LogP contribution in [0.3, 0.4) is 0 Å². The van der Waals surface area contributed by atoms with Crippen molar-refractivity contribution >= 4 is 52.6 Å². The van der Waals surface area contributed by atoms with Crippen molar-refractivity contribution in [2.45, 2.75) is 56.7 Å². The van der Waals surface area contributed by atoms with Gasteiger partial charge in [-0.05, 0) is 69.4 Å². The lowest BCUT2D eigenvalue weighted by atomic mass is 9.49. The average molecular weight is 772 g/mol. The van der Waals surface area contributed by atoms with Gasteiger partial charge < -0.3 is 9.84 Å². The van der Waals surface area contributed by atoms with Gasteiger partial charge in [-0.2, -0.15) is 18.2 Å². The van der Waals surface area contributed by atoms with Gasteiger partial charge in [0.1, 0.15) is 12.4 Å². The molecule has 2 aromatic carbocycles. The van der Waals surface area contributed by atoms with E-state index in [2.05, 4.69) is 10.4 Å². The van der Waals surface area contributed by atoms with Gasteiger partial charge in [-0.25, -0.2) is 4.98 Å². The molecule has 4 aliphatic rings. The molecule has 15 heteroatoms. The Morgan fingerprint density at radius 2 is 1.68 bits per heavy atom. The van der Waals surface area contributed by atoms with Crippen LogP contribution in [0.25, 0.3) is 0 Å². The lowest BCUT2D eigenvalue weighted by molar-refractivity contribution is -0.146. The number of carbonyl (C=O) groups excluding carboxylic acids is 4. The number of hydrazine groups is 1. The van der Waals surface area contributed by atoms with Crippen molar-refractivity contribution in [2.24, 2.45) is 23.7 Å². The number of rotatable bonds is 7. The van der Waals surface area contributed by atoms with E-state index < -0.39 is 69.1 Å². The van der Waals surface area contributed by atoms with Gasteiger partial charge in [-0.15, -0.1) is 0 Å². The van der Waals surface area contributed by atoms with Crippen LogP contribution in [0.5, 0.6) is 5.75 Å². The Morgan fingerprint density at radius 3 is 2.32 bits per heavy atom. The summed E-state index contributed by atoms with van der Waals surface area (Å²) in [6, 6.07) is 14.0. The van der Waals surface area contributed by atoms with Crippen molar-refractivity contribution in [3.05, 3.63) is 99.2 Å². The number of anilines is 1. The number of para-hydroxylation sites is 1. The first-order valence-electron chi connectivity index (χ1n) is 17.1. The summed E-state index contributed by atoms with van der Waals surface area (Å²) in [6.07, 6.45) is -2.11. The lowest BCUT2D eigenvalue weighted by Gasteiger charge is -2.50. The topological polar surface area (TPSA) is 129 Å². The van der Waals surface area contributed by atoms with E-state index in [9.17, 15) is 32.7 Å². The molecule has 0 radical (unpaired) electrons.